The normalized spacial score (nSPS) is 17.6. The predicted octanol–water partition coefficient (Wildman–Crippen LogP) is 3.47. The Bertz CT molecular complexity index is 624. The number of para-hydroxylation sites is 1. The predicted molar refractivity (Wildman–Crippen MR) is 92.7 cm³/mol. The molecule has 0 saturated carbocycles. The Balaban J connectivity index is 0.00000176. The van der Waals surface area contributed by atoms with Crippen molar-refractivity contribution in [3.63, 3.8) is 0 Å². The zero-order chi connectivity index (χ0) is 15.0. The molecule has 0 spiro atoms. The number of piperidine rings is 1. The van der Waals surface area contributed by atoms with Crippen molar-refractivity contribution in [1.29, 1.82) is 0 Å². The first-order valence-corrected chi connectivity index (χ1v) is 7.80. The molecule has 22 heavy (non-hydrogen) atoms. The summed E-state index contributed by atoms with van der Waals surface area (Å²) in [6, 6.07) is 6.14. The Labute approximate surface area is 138 Å². The van der Waals surface area contributed by atoms with Crippen molar-refractivity contribution in [2.75, 3.05) is 19.6 Å². The zero-order valence-electron chi connectivity index (χ0n) is 13.6. The maximum Gasteiger partial charge on any atom is 0.198 e. The van der Waals surface area contributed by atoms with Crippen molar-refractivity contribution in [2.45, 2.75) is 45.1 Å². The number of aryl methyl sites for hydroxylation is 1. The molecule has 1 fully saturated rings. The highest BCUT2D eigenvalue weighted by atomic mass is 35.5. The number of nitrogens with two attached hydrogens (primary N) is 1. The molecule has 0 aliphatic carbocycles. The van der Waals surface area contributed by atoms with Crippen LogP contribution in [0.3, 0.4) is 0 Å². The lowest BCUT2D eigenvalue weighted by Gasteiger charge is -2.34. The fourth-order valence-electron chi connectivity index (χ4n) is 3.19. The SMILES string of the molecule is Cc1cccc2nc(C3CCN(CC(C)(C)N)CC3)oc12.Cl. The van der Waals surface area contributed by atoms with Crippen molar-refractivity contribution in [2.24, 2.45) is 5.73 Å². The Morgan fingerprint density at radius 3 is 2.59 bits per heavy atom. The smallest absolute Gasteiger partial charge is 0.198 e. The number of aromatic nitrogens is 1. The van der Waals surface area contributed by atoms with Gasteiger partial charge in [0.25, 0.3) is 0 Å². The average molecular weight is 324 g/mol. The molecule has 0 amide bonds. The third-order valence-corrected chi connectivity index (χ3v) is 4.20. The van der Waals surface area contributed by atoms with Gasteiger partial charge in [0.15, 0.2) is 11.5 Å². The molecule has 5 heteroatoms. The zero-order valence-corrected chi connectivity index (χ0v) is 14.4. The molecule has 2 N–H and O–H groups in total. The Kier molecular flexibility index (Phi) is 5.15. The van der Waals surface area contributed by atoms with Gasteiger partial charge in [-0.25, -0.2) is 4.98 Å². The van der Waals surface area contributed by atoms with Crippen LogP contribution in [-0.4, -0.2) is 35.1 Å². The van der Waals surface area contributed by atoms with E-state index in [2.05, 4.69) is 36.7 Å². The Hall–Kier alpha value is -1.10. The molecule has 4 nitrogen and oxygen atoms in total. The van der Waals surface area contributed by atoms with Gasteiger partial charge in [-0.3, -0.25) is 0 Å². The van der Waals surface area contributed by atoms with Crippen LogP contribution in [0.2, 0.25) is 0 Å². The maximum absolute atomic E-state index is 6.11. The van der Waals surface area contributed by atoms with Gasteiger partial charge in [-0.1, -0.05) is 12.1 Å². The van der Waals surface area contributed by atoms with Crippen molar-refractivity contribution in [3.8, 4) is 0 Å². The maximum atomic E-state index is 6.11. The molecule has 3 rings (SSSR count). The number of nitrogens with zero attached hydrogens (tertiary/aromatic N) is 2. The van der Waals surface area contributed by atoms with E-state index in [1.54, 1.807) is 0 Å². The number of hydrogen-bond acceptors (Lipinski definition) is 4. The van der Waals surface area contributed by atoms with E-state index in [9.17, 15) is 0 Å². The van der Waals surface area contributed by atoms with Crippen LogP contribution < -0.4 is 5.73 Å². The number of likely N-dealkylation sites (tertiary alicyclic amines) is 1. The highest BCUT2D eigenvalue weighted by molar-refractivity contribution is 5.85. The molecular weight excluding hydrogens is 298 g/mol. The number of hydrogen-bond donors (Lipinski definition) is 1. The van der Waals surface area contributed by atoms with E-state index in [4.69, 9.17) is 10.2 Å². The van der Waals surface area contributed by atoms with Gasteiger partial charge in [0.05, 0.1) is 0 Å². The van der Waals surface area contributed by atoms with E-state index in [1.165, 1.54) is 0 Å². The molecule has 1 aromatic heterocycles. The van der Waals surface area contributed by atoms with E-state index in [0.717, 1.165) is 55.0 Å². The van der Waals surface area contributed by atoms with Crippen molar-refractivity contribution in [1.82, 2.24) is 9.88 Å². The Morgan fingerprint density at radius 2 is 2.00 bits per heavy atom. The standard InChI is InChI=1S/C17H25N3O.ClH/c1-12-5-4-6-14-15(12)21-16(19-14)13-7-9-20(10-8-13)11-17(2,3)18;/h4-6,13H,7-11,18H2,1-3H3;1H. The number of halogens is 1. The molecule has 1 aliphatic rings. The molecule has 1 saturated heterocycles. The van der Waals surface area contributed by atoms with E-state index < -0.39 is 0 Å². The second kappa shape index (κ2) is 6.57. The number of rotatable bonds is 3. The summed E-state index contributed by atoms with van der Waals surface area (Å²) in [5, 5.41) is 0. The highest BCUT2D eigenvalue weighted by Crippen LogP contribution is 2.31. The van der Waals surface area contributed by atoms with Crippen LogP contribution in [0, 0.1) is 6.92 Å². The lowest BCUT2D eigenvalue weighted by molar-refractivity contribution is 0.171. The van der Waals surface area contributed by atoms with E-state index in [-0.39, 0.29) is 17.9 Å². The molecule has 2 heterocycles. The summed E-state index contributed by atoms with van der Waals surface area (Å²) >= 11 is 0. The summed E-state index contributed by atoms with van der Waals surface area (Å²) < 4.78 is 6.02. The van der Waals surface area contributed by atoms with Crippen LogP contribution in [0.25, 0.3) is 11.1 Å². The van der Waals surface area contributed by atoms with Crippen molar-refractivity contribution in [3.05, 3.63) is 29.7 Å². The Morgan fingerprint density at radius 1 is 1.32 bits per heavy atom. The van der Waals surface area contributed by atoms with Gasteiger partial charge < -0.3 is 15.1 Å². The first kappa shape index (κ1) is 17.3. The van der Waals surface area contributed by atoms with Gasteiger partial charge in [0.1, 0.15) is 5.52 Å². The summed E-state index contributed by atoms with van der Waals surface area (Å²) in [7, 11) is 0. The quantitative estimate of drug-likeness (QED) is 0.939. The van der Waals surface area contributed by atoms with Crippen LogP contribution in [-0.2, 0) is 0 Å². The molecule has 122 valence electrons. The summed E-state index contributed by atoms with van der Waals surface area (Å²) in [4.78, 5) is 7.14. The third-order valence-electron chi connectivity index (χ3n) is 4.20. The minimum Gasteiger partial charge on any atom is -0.440 e. The molecular formula is C17H26ClN3O. The van der Waals surface area contributed by atoms with Crippen molar-refractivity contribution < 1.29 is 4.42 Å². The van der Waals surface area contributed by atoms with Gasteiger partial charge in [0.2, 0.25) is 0 Å². The van der Waals surface area contributed by atoms with Crippen LogP contribution in [0.4, 0.5) is 0 Å². The second-order valence-electron chi connectivity index (χ2n) is 7.01. The topological polar surface area (TPSA) is 55.3 Å². The first-order chi connectivity index (χ1) is 9.92. The fourth-order valence-corrected chi connectivity index (χ4v) is 3.19. The lowest BCUT2D eigenvalue weighted by atomic mass is 9.95. The van der Waals surface area contributed by atoms with Gasteiger partial charge in [-0.2, -0.15) is 0 Å². The highest BCUT2D eigenvalue weighted by Gasteiger charge is 2.27. The summed E-state index contributed by atoms with van der Waals surface area (Å²) in [6.07, 6.45) is 2.20. The monoisotopic (exact) mass is 323 g/mol. The van der Waals surface area contributed by atoms with E-state index in [0.29, 0.717) is 5.92 Å². The molecule has 1 aliphatic heterocycles. The van der Waals surface area contributed by atoms with Gasteiger partial charge >= 0.3 is 0 Å². The fraction of sp³-hybridized carbons (Fsp3) is 0.588. The summed E-state index contributed by atoms with van der Waals surface area (Å²) in [5.41, 5.74) is 9.07. The molecule has 2 aromatic rings. The van der Waals surface area contributed by atoms with E-state index >= 15 is 0 Å². The minimum atomic E-state index is -0.123. The largest absolute Gasteiger partial charge is 0.440 e. The minimum absolute atomic E-state index is 0. The first-order valence-electron chi connectivity index (χ1n) is 7.80. The molecule has 0 radical (unpaired) electrons. The molecule has 0 unspecified atom stereocenters. The van der Waals surface area contributed by atoms with Crippen LogP contribution in [0.5, 0.6) is 0 Å². The number of fused-ring (bicyclic) bond motifs is 1. The number of benzene rings is 1. The molecule has 1 aromatic carbocycles. The van der Waals surface area contributed by atoms with Gasteiger partial charge in [-0.05, 0) is 58.3 Å². The van der Waals surface area contributed by atoms with Crippen LogP contribution in [0.1, 0.15) is 44.1 Å². The summed E-state index contributed by atoms with van der Waals surface area (Å²) in [6.45, 7) is 9.34. The van der Waals surface area contributed by atoms with E-state index in [1.807, 2.05) is 12.1 Å². The van der Waals surface area contributed by atoms with Gasteiger partial charge in [0, 0.05) is 18.0 Å². The van der Waals surface area contributed by atoms with Crippen LogP contribution in [0.15, 0.2) is 22.6 Å². The number of oxazole rings is 1. The second-order valence-corrected chi connectivity index (χ2v) is 7.01. The van der Waals surface area contributed by atoms with Gasteiger partial charge in [-0.15, -0.1) is 12.4 Å². The van der Waals surface area contributed by atoms with Crippen LogP contribution >= 0.6 is 12.4 Å². The average Bonchev–Trinajstić information content (AvgIpc) is 2.83. The molecule has 0 bridgehead atoms. The van der Waals surface area contributed by atoms with Crippen molar-refractivity contribution >= 4 is 23.5 Å². The molecule has 0 atom stereocenters. The summed E-state index contributed by atoms with van der Waals surface area (Å²) in [5.74, 6) is 1.35. The third kappa shape index (κ3) is 3.80. The lowest BCUT2D eigenvalue weighted by Crippen LogP contribution is -2.47.